The van der Waals surface area contributed by atoms with Gasteiger partial charge in [-0.05, 0) is 69.2 Å². The normalized spacial score (nSPS) is 12.1. The molecule has 0 unspecified atom stereocenters. The summed E-state index contributed by atoms with van der Waals surface area (Å²) >= 11 is 0. The molecule has 0 spiro atoms. The van der Waals surface area contributed by atoms with Gasteiger partial charge in [-0.25, -0.2) is 18.0 Å². The fourth-order valence-electron chi connectivity index (χ4n) is 4.65. The van der Waals surface area contributed by atoms with Gasteiger partial charge in [0.05, 0.1) is 34.4 Å². The van der Waals surface area contributed by atoms with E-state index in [0.29, 0.717) is 5.56 Å². The van der Waals surface area contributed by atoms with E-state index in [2.05, 4.69) is 4.98 Å². The summed E-state index contributed by atoms with van der Waals surface area (Å²) in [7, 11) is -1.07. The summed E-state index contributed by atoms with van der Waals surface area (Å²) in [4.78, 5) is 30.1. The third-order valence-corrected chi connectivity index (χ3v) is 8.54. The van der Waals surface area contributed by atoms with Crippen LogP contribution in [0.4, 0.5) is 18.0 Å². The van der Waals surface area contributed by atoms with Crippen molar-refractivity contribution in [2.24, 2.45) is 0 Å². The van der Waals surface area contributed by atoms with E-state index in [0.717, 1.165) is 19.4 Å². The molecular weight excluding hydrogens is 625 g/mol. The molecule has 0 fully saturated rings. The number of amides is 1. The van der Waals surface area contributed by atoms with Crippen molar-refractivity contribution in [3.8, 4) is 22.6 Å². The summed E-state index contributed by atoms with van der Waals surface area (Å²) in [6, 6.07) is 15.7. The smallest absolute Gasteiger partial charge is 0.418 e. The molecule has 4 rings (SSSR count). The molecule has 1 heterocycles. The molecule has 244 valence electrons. The van der Waals surface area contributed by atoms with Crippen LogP contribution < -0.4 is 4.74 Å². The number of hydrogen-bond acceptors (Lipinski definition) is 8. The average Bonchev–Trinajstić information content (AvgIpc) is 2.98. The number of rotatable bonds is 9. The average molecular weight is 659 g/mol. The number of carbonyl (C=O) groups is 2. The zero-order chi connectivity index (χ0) is 33.9. The van der Waals surface area contributed by atoms with Crippen molar-refractivity contribution in [2.75, 3.05) is 26.5 Å². The molecule has 0 aliphatic carbocycles. The zero-order valence-electron chi connectivity index (χ0n) is 25.8. The van der Waals surface area contributed by atoms with Crippen molar-refractivity contribution in [3.05, 3.63) is 84.1 Å². The van der Waals surface area contributed by atoms with Crippen LogP contribution in [-0.4, -0.2) is 62.4 Å². The molecule has 0 aliphatic heterocycles. The molecule has 0 N–H and O–H groups in total. The van der Waals surface area contributed by atoms with Crippen molar-refractivity contribution in [1.82, 2.24) is 9.88 Å². The number of esters is 1. The number of benzene rings is 3. The van der Waals surface area contributed by atoms with E-state index in [9.17, 15) is 31.2 Å². The summed E-state index contributed by atoms with van der Waals surface area (Å²) in [6.45, 7) is 5.38. The van der Waals surface area contributed by atoms with E-state index in [1.54, 1.807) is 45.0 Å². The number of carbonyl (C=O) groups excluding carboxylic acids is 2. The summed E-state index contributed by atoms with van der Waals surface area (Å²) in [5.41, 5.74) is -1.49. The molecule has 0 saturated heterocycles. The second-order valence-electron chi connectivity index (χ2n) is 11.4. The Kier molecular flexibility index (Phi) is 9.95. The Labute approximate surface area is 264 Å². The summed E-state index contributed by atoms with van der Waals surface area (Å²) in [6.07, 6.45) is -4.02. The number of para-hydroxylation sites is 1. The first-order valence-corrected chi connectivity index (χ1v) is 15.8. The van der Waals surface area contributed by atoms with Gasteiger partial charge in [-0.15, -0.1) is 0 Å². The number of pyridine rings is 1. The molecule has 3 aromatic carbocycles. The minimum absolute atomic E-state index is 0.00820. The molecule has 1 amide bonds. The second kappa shape index (κ2) is 13.4. The van der Waals surface area contributed by atoms with Crippen LogP contribution in [-0.2, 0) is 25.5 Å². The fraction of sp³-hybridized carbons (Fsp3) is 0.303. The summed E-state index contributed by atoms with van der Waals surface area (Å²) in [5.74, 6) is -0.594. The van der Waals surface area contributed by atoms with Gasteiger partial charge in [0, 0.05) is 30.7 Å². The minimum Gasteiger partial charge on any atom is -0.465 e. The van der Waals surface area contributed by atoms with Crippen molar-refractivity contribution < 1.29 is 45.4 Å². The summed E-state index contributed by atoms with van der Waals surface area (Å²) in [5, 5.41) is 0.0836. The highest BCUT2D eigenvalue weighted by Crippen LogP contribution is 2.39. The van der Waals surface area contributed by atoms with Gasteiger partial charge in [-0.3, -0.25) is 4.98 Å². The lowest BCUT2D eigenvalue weighted by molar-refractivity contribution is -0.136. The van der Waals surface area contributed by atoms with Gasteiger partial charge in [0.25, 0.3) is 0 Å². The molecule has 9 nitrogen and oxygen atoms in total. The lowest BCUT2D eigenvalue weighted by atomic mass is 9.94. The molecule has 0 atom stereocenters. The predicted molar refractivity (Wildman–Crippen MR) is 166 cm³/mol. The van der Waals surface area contributed by atoms with E-state index in [-0.39, 0.29) is 57.1 Å². The number of halogens is 3. The van der Waals surface area contributed by atoms with E-state index in [1.165, 1.54) is 48.3 Å². The number of ether oxygens (including phenoxy) is 3. The third-order valence-electron chi connectivity index (χ3n) is 6.74. The van der Waals surface area contributed by atoms with Gasteiger partial charge >= 0.3 is 18.2 Å². The van der Waals surface area contributed by atoms with Crippen LogP contribution in [0, 0.1) is 0 Å². The van der Waals surface area contributed by atoms with Gasteiger partial charge in [-0.2, -0.15) is 13.2 Å². The Morgan fingerprint density at radius 3 is 2.24 bits per heavy atom. The van der Waals surface area contributed by atoms with E-state index >= 15 is 0 Å². The molecule has 13 heteroatoms. The first-order chi connectivity index (χ1) is 21.5. The van der Waals surface area contributed by atoms with Crippen LogP contribution >= 0.6 is 0 Å². The number of methoxy groups -OCH3 is 1. The van der Waals surface area contributed by atoms with Crippen molar-refractivity contribution in [2.45, 2.75) is 43.9 Å². The van der Waals surface area contributed by atoms with Crippen molar-refractivity contribution in [1.29, 1.82) is 0 Å². The lowest BCUT2D eigenvalue weighted by Crippen LogP contribution is -2.35. The second-order valence-corrected chi connectivity index (χ2v) is 13.5. The van der Waals surface area contributed by atoms with Crippen LogP contribution in [0.2, 0.25) is 0 Å². The summed E-state index contributed by atoms with van der Waals surface area (Å²) < 4.78 is 83.6. The Hall–Kier alpha value is -4.65. The highest BCUT2D eigenvalue weighted by atomic mass is 32.2. The SMILES string of the molecule is COC(=O)c1cnc2c(C(F)(F)F)cccc2c1-c1cccc(Oc2cccc(S(=O)(=O)CCCN(C)C(=O)OC(C)(C)C)c2)c1. The van der Waals surface area contributed by atoms with Gasteiger partial charge in [0.1, 0.15) is 17.1 Å². The quantitative estimate of drug-likeness (QED) is 0.170. The molecule has 46 heavy (non-hydrogen) atoms. The molecule has 1 aromatic heterocycles. The largest absolute Gasteiger partial charge is 0.465 e. The lowest BCUT2D eigenvalue weighted by Gasteiger charge is -2.24. The number of hydrogen-bond donors (Lipinski definition) is 0. The topological polar surface area (TPSA) is 112 Å². The van der Waals surface area contributed by atoms with Crippen molar-refractivity contribution in [3.63, 3.8) is 0 Å². The highest BCUT2D eigenvalue weighted by molar-refractivity contribution is 7.91. The first kappa shape index (κ1) is 34.2. The Bertz CT molecular complexity index is 1870. The first-order valence-electron chi connectivity index (χ1n) is 14.1. The maximum atomic E-state index is 13.8. The maximum absolute atomic E-state index is 13.8. The standard InChI is InChI=1S/C33H33F3N2O7S/c1-32(2,3)45-31(40)38(4)16-9-17-46(41,42)24-13-7-12-23(19-24)44-22-11-6-10-21(18-22)28-25-14-8-15-27(33(34,35)36)29(25)37-20-26(28)30(39)43-5/h6-8,10-15,18-20H,9,16-17H2,1-5H3. The predicted octanol–water partition coefficient (Wildman–Crippen LogP) is 7.53. The van der Waals surface area contributed by atoms with Gasteiger partial charge < -0.3 is 19.1 Å². The number of aromatic nitrogens is 1. The highest BCUT2D eigenvalue weighted by Gasteiger charge is 2.34. The van der Waals surface area contributed by atoms with Crippen LogP contribution in [0.3, 0.4) is 0 Å². The van der Waals surface area contributed by atoms with Gasteiger partial charge in [0.15, 0.2) is 9.84 Å². The van der Waals surface area contributed by atoms with Crippen LogP contribution in [0.15, 0.2) is 77.8 Å². The minimum atomic E-state index is -4.68. The Morgan fingerprint density at radius 2 is 1.59 bits per heavy atom. The van der Waals surface area contributed by atoms with Crippen LogP contribution in [0.25, 0.3) is 22.0 Å². The molecule has 0 aliphatic rings. The van der Waals surface area contributed by atoms with Crippen molar-refractivity contribution >= 4 is 32.8 Å². The number of fused-ring (bicyclic) bond motifs is 1. The number of alkyl halides is 3. The third kappa shape index (κ3) is 8.13. The molecule has 0 radical (unpaired) electrons. The van der Waals surface area contributed by atoms with Gasteiger partial charge in [-0.1, -0.05) is 30.3 Å². The zero-order valence-corrected chi connectivity index (χ0v) is 26.7. The number of nitrogens with zero attached hydrogens (tertiary/aromatic N) is 2. The van der Waals surface area contributed by atoms with Crippen LogP contribution in [0.5, 0.6) is 11.5 Å². The molecule has 0 bridgehead atoms. The van der Waals surface area contributed by atoms with Crippen LogP contribution in [0.1, 0.15) is 43.1 Å². The van der Waals surface area contributed by atoms with E-state index in [4.69, 9.17) is 14.2 Å². The van der Waals surface area contributed by atoms with E-state index in [1.807, 2.05) is 0 Å². The molecule has 0 saturated carbocycles. The number of sulfone groups is 1. The fourth-order valence-corrected chi connectivity index (χ4v) is 5.98. The Morgan fingerprint density at radius 1 is 0.935 bits per heavy atom. The Balaban J connectivity index is 1.60. The monoisotopic (exact) mass is 658 g/mol. The maximum Gasteiger partial charge on any atom is 0.418 e. The molecular formula is C33H33F3N2O7S. The molecule has 4 aromatic rings. The van der Waals surface area contributed by atoms with Gasteiger partial charge in [0.2, 0.25) is 0 Å². The van der Waals surface area contributed by atoms with E-state index < -0.39 is 39.2 Å².